The Bertz CT molecular complexity index is 344. The number of nitrogens with one attached hydrogen (secondary N) is 1. The predicted octanol–water partition coefficient (Wildman–Crippen LogP) is 3.04. The Kier molecular flexibility index (Phi) is 6.08. The molecule has 0 aromatic heterocycles. The van der Waals surface area contributed by atoms with E-state index in [0.717, 1.165) is 12.6 Å². The van der Waals surface area contributed by atoms with Gasteiger partial charge in [0.15, 0.2) is 0 Å². The summed E-state index contributed by atoms with van der Waals surface area (Å²) in [4.78, 5) is 0. The summed E-state index contributed by atoms with van der Waals surface area (Å²) in [7, 11) is 0. The van der Waals surface area contributed by atoms with Crippen LogP contribution in [0, 0.1) is 11.6 Å². The highest BCUT2D eigenvalue weighted by Crippen LogP contribution is 2.21. The van der Waals surface area contributed by atoms with Crippen LogP contribution in [-0.4, -0.2) is 19.8 Å². The van der Waals surface area contributed by atoms with Gasteiger partial charge in [0, 0.05) is 30.9 Å². The first kappa shape index (κ1) is 14.1. The minimum absolute atomic E-state index is 0.132. The maximum atomic E-state index is 13.6. The Morgan fingerprint density at radius 1 is 1.29 bits per heavy atom. The van der Waals surface area contributed by atoms with Crippen LogP contribution in [0.4, 0.5) is 8.78 Å². The molecule has 0 radical (unpaired) electrons. The van der Waals surface area contributed by atoms with E-state index in [9.17, 15) is 8.78 Å². The van der Waals surface area contributed by atoms with E-state index >= 15 is 0 Å². The minimum Gasteiger partial charge on any atom is -0.382 e. The number of rotatable bonds is 7. The second-order valence-corrected chi connectivity index (χ2v) is 3.76. The van der Waals surface area contributed by atoms with E-state index in [1.165, 1.54) is 12.1 Å². The number of hydrogen-bond acceptors (Lipinski definition) is 2. The van der Waals surface area contributed by atoms with Crippen molar-refractivity contribution in [2.24, 2.45) is 0 Å². The SMILES string of the molecule is CCNC(CCOCC)c1ccc(F)cc1F. The lowest BCUT2D eigenvalue weighted by Crippen LogP contribution is -2.23. The molecule has 1 N–H and O–H groups in total. The summed E-state index contributed by atoms with van der Waals surface area (Å²) in [5.41, 5.74) is 0.493. The fourth-order valence-electron chi connectivity index (χ4n) is 1.74. The van der Waals surface area contributed by atoms with E-state index in [-0.39, 0.29) is 6.04 Å². The van der Waals surface area contributed by atoms with Gasteiger partial charge in [-0.05, 0) is 26.0 Å². The first-order valence-corrected chi connectivity index (χ1v) is 5.95. The first-order valence-electron chi connectivity index (χ1n) is 5.95. The lowest BCUT2D eigenvalue weighted by atomic mass is 10.0. The fourth-order valence-corrected chi connectivity index (χ4v) is 1.74. The average molecular weight is 243 g/mol. The third kappa shape index (κ3) is 4.40. The summed E-state index contributed by atoms with van der Waals surface area (Å²) in [6.45, 7) is 5.80. The zero-order chi connectivity index (χ0) is 12.7. The highest BCUT2D eigenvalue weighted by molar-refractivity contribution is 5.22. The van der Waals surface area contributed by atoms with Crippen LogP contribution in [0.15, 0.2) is 18.2 Å². The van der Waals surface area contributed by atoms with Crippen LogP contribution in [0.3, 0.4) is 0 Å². The highest BCUT2D eigenvalue weighted by atomic mass is 19.1. The zero-order valence-electron chi connectivity index (χ0n) is 10.3. The number of benzene rings is 1. The molecule has 0 amide bonds. The van der Waals surface area contributed by atoms with E-state index in [2.05, 4.69) is 5.32 Å². The summed E-state index contributed by atoms with van der Waals surface area (Å²) in [5, 5.41) is 3.18. The molecule has 0 spiro atoms. The monoisotopic (exact) mass is 243 g/mol. The lowest BCUT2D eigenvalue weighted by Gasteiger charge is -2.18. The molecule has 0 saturated heterocycles. The van der Waals surface area contributed by atoms with E-state index in [4.69, 9.17) is 4.74 Å². The largest absolute Gasteiger partial charge is 0.382 e. The van der Waals surface area contributed by atoms with Gasteiger partial charge in [-0.3, -0.25) is 0 Å². The van der Waals surface area contributed by atoms with Crippen molar-refractivity contribution in [2.45, 2.75) is 26.3 Å². The molecule has 0 bridgehead atoms. The number of ether oxygens (including phenoxy) is 1. The van der Waals surface area contributed by atoms with Crippen LogP contribution in [0.1, 0.15) is 31.9 Å². The molecule has 4 heteroatoms. The van der Waals surface area contributed by atoms with E-state index in [1.807, 2.05) is 13.8 Å². The molecular weight excluding hydrogens is 224 g/mol. The number of halogens is 2. The van der Waals surface area contributed by atoms with Gasteiger partial charge in [0.2, 0.25) is 0 Å². The van der Waals surface area contributed by atoms with Gasteiger partial charge in [0.25, 0.3) is 0 Å². The molecule has 1 atom stereocenters. The van der Waals surface area contributed by atoms with Crippen LogP contribution in [0.2, 0.25) is 0 Å². The zero-order valence-corrected chi connectivity index (χ0v) is 10.3. The van der Waals surface area contributed by atoms with Gasteiger partial charge in [0.1, 0.15) is 11.6 Å². The van der Waals surface area contributed by atoms with E-state index in [0.29, 0.717) is 25.2 Å². The van der Waals surface area contributed by atoms with Crippen molar-refractivity contribution in [3.8, 4) is 0 Å². The summed E-state index contributed by atoms with van der Waals surface area (Å²) in [6, 6.07) is 3.56. The first-order chi connectivity index (χ1) is 8.19. The van der Waals surface area contributed by atoms with E-state index in [1.54, 1.807) is 0 Å². The second kappa shape index (κ2) is 7.35. The van der Waals surface area contributed by atoms with Crippen molar-refractivity contribution < 1.29 is 13.5 Å². The molecule has 0 aliphatic rings. The van der Waals surface area contributed by atoms with E-state index < -0.39 is 11.6 Å². The number of hydrogen-bond donors (Lipinski definition) is 1. The molecule has 17 heavy (non-hydrogen) atoms. The van der Waals surface area contributed by atoms with Gasteiger partial charge in [-0.25, -0.2) is 8.78 Å². The van der Waals surface area contributed by atoms with Gasteiger partial charge in [-0.1, -0.05) is 13.0 Å². The van der Waals surface area contributed by atoms with Crippen molar-refractivity contribution >= 4 is 0 Å². The minimum atomic E-state index is -0.550. The van der Waals surface area contributed by atoms with Gasteiger partial charge in [0.05, 0.1) is 0 Å². The average Bonchev–Trinajstić information content (AvgIpc) is 2.28. The van der Waals surface area contributed by atoms with Crippen molar-refractivity contribution in [1.82, 2.24) is 5.32 Å². The van der Waals surface area contributed by atoms with Crippen LogP contribution in [0.5, 0.6) is 0 Å². The topological polar surface area (TPSA) is 21.3 Å². The quantitative estimate of drug-likeness (QED) is 0.743. The molecule has 0 heterocycles. The maximum absolute atomic E-state index is 13.6. The van der Waals surface area contributed by atoms with Gasteiger partial charge < -0.3 is 10.1 Å². The molecule has 0 saturated carbocycles. The predicted molar refractivity (Wildman–Crippen MR) is 63.9 cm³/mol. The second-order valence-electron chi connectivity index (χ2n) is 3.76. The normalized spacial score (nSPS) is 12.7. The Balaban J connectivity index is 2.74. The molecule has 1 unspecified atom stereocenters. The molecule has 1 aromatic carbocycles. The molecule has 96 valence electrons. The summed E-state index contributed by atoms with van der Waals surface area (Å²) >= 11 is 0. The molecule has 1 rings (SSSR count). The Labute approximate surface area is 101 Å². The summed E-state index contributed by atoms with van der Waals surface area (Å²) in [5.74, 6) is -1.06. The Morgan fingerprint density at radius 2 is 2.06 bits per heavy atom. The molecule has 1 aromatic rings. The summed E-state index contributed by atoms with van der Waals surface area (Å²) < 4.78 is 31.7. The van der Waals surface area contributed by atoms with Crippen LogP contribution < -0.4 is 5.32 Å². The molecule has 2 nitrogen and oxygen atoms in total. The fraction of sp³-hybridized carbons (Fsp3) is 0.538. The highest BCUT2D eigenvalue weighted by Gasteiger charge is 2.15. The van der Waals surface area contributed by atoms with Crippen LogP contribution in [-0.2, 0) is 4.74 Å². The van der Waals surface area contributed by atoms with Crippen molar-refractivity contribution in [1.29, 1.82) is 0 Å². The lowest BCUT2D eigenvalue weighted by molar-refractivity contribution is 0.136. The maximum Gasteiger partial charge on any atom is 0.130 e. The smallest absolute Gasteiger partial charge is 0.130 e. The molecule has 0 aliphatic heterocycles. The van der Waals surface area contributed by atoms with Gasteiger partial charge in [-0.15, -0.1) is 0 Å². The van der Waals surface area contributed by atoms with Gasteiger partial charge in [-0.2, -0.15) is 0 Å². The third-order valence-corrected chi connectivity index (χ3v) is 2.54. The van der Waals surface area contributed by atoms with Crippen LogP contribution >= 0.6 is 0 Å². The summed E-state index contributed by atoms with van der Waals surface area (Å²) in [6.07, 6.45) is 0.671. The van der Waals surface area contributed by atoms with Crippen molar-refractivity contribution in [3.63, 3.8) is 0 Å². The Morgan fingerprint density at radius 3 is 2.65 bits per heavy atom. The standard InChI is InChI=1S/C13H19F2NO/c1-3-16-13(7-8-17-4-2)11-6-5-10(14)9-12(11)15/h5-6,9,13,16H,3-4,7-8H2,1-2H3. The third-order valence-electron chi connectivity index (χ3n) is 2.54. The molecular formula is C13H19F2NO. The van der Waals surface area contributed by atoms with Crippen molar-refractivity contribution in [2.75, 3.05) is 19.8 Å². The molecule has 0 aliphatic carbocycles. The van der Waals surface area contributed by atoms with Gasteiger partial charge >= 0.3 is 0 Å². The Hall–Kier alpha value is -1.00. The van der Waals surface area contributed by atoms with Crippen LogP contribution in [0.25, 0.3) is 0 Å². The molecule has 0 fully saturated rings. The van der Waals surface area contributed by atoms with Crippen molar-refractivity contribution in [3.05, 3.63) is 35.4 Å².